The first-order valence-electron chi connectivity index (χ1n) is 7.75. The molecule has 0 aliphatic rings. The van der Waals surface area contributed by atoms with Crippen molar-refractivity contribution in [3.8, 4) is 6.07 Å². The number of fused-ring (bicyclic) bond motifs is 1. The summed E-state index contributed by atoms with van der Waals surface area (Å²) in [5.74, 6) is 1.11. The van der Waals surface area contributed by atoms with Gasteiger partial charge in [0.05, 0.1) is 22.7 Å². The van der Waals surface area contributed by atoms with Crippen molar-refractivity contribution in [2.24, 2.45) is 0 Å². The van der Waals surface area contributed by atoms with Crippen molar-refractivity contribution < 1.29 is 0 Å². The van der Waals surface area contributed by atoms with Gasteiger partial charge in [-0.05, 0) is 30.2 Å². The first-order chi connectivity index (χ1) is 10.8. The molecule has 0 aliphatic heterocycles. The summed E-state index contributed by atoms with van der Waals surface area (Å²) in [6, 6.07) is 18.4. The van der Waals surface area contributed by atoms with E-state index in [1.54, 1.807) is 0 Å². The van der Waals surface area contributed by atoms with Crippen LogP contribution >= 0.6 is 0 Å². The maximum absolute atomic E-state index is 9.15. The highest BCUT2D eigenvalue weighted by Gasteiger charge is 2.11. The summed E-state index contributed by atoms with van der Waals surface area (Å²) in [6.07, 6.45) is 3.25. The maximum Gasteiger partial charge on any atom is 0.110 e. The summed E-state index contributed by atoms with van der Waals surface area (Å²) < 4.78 is 2.25. The molecule has 0 bridgehead atoms. The van der Waals surface area contributed by atoms with Crippen LogP contribution < -0.4 is 0 Å². The Kier molecular flexibility index (Phi) is 4.20. The number of nitriles is 1. The summed E-state index contributed by atoms with van der Waals surface area (Å²) in [6.45, 7) is 2.99. The van der Waals surface area contributed by atoms with Crippen LogP contribution in [-0.4, -0.2) is 9.55 Å². The smallest absolute Gasteiger partial charge is 0.110 e. The monoisotopic (exact) mass is 289 g/mol. The van der Waals surface area contributed by atoms with E-state index in [-0.39, 0.29) is 0 Å². The molecule has 0 saturated carbocycles. The first-order valence-corrected chi connectivity index (χ1v) is 7.75. The molecule has 0 spiro atoms. The highest BCUT2D eigenvalue weighted by Crippen LogP contribution is 2.21. The second kappa shape index (κ2) is 6.44. The SMILES string of the molecule is CCCCc1nc2ccc(C#N)cc2n1Cc1ccccc1. The Balaban J connectivity index is 2.08. The van der Waals surface area contributed by atoms with E-state index in [0.717, 1.165) is 42.7 Å². The molecule has 0 radical (unpaired) electrons. The van der Waals surface area contributed by atoms with E-state index in [1.807, 2.05) is 24.3 Å². The Morgan fingerprint density at radius 1 is 1.14 bits per heavy atom. The number of rotatable bonds is 5. The van der Waals surface area contributed by atoms with Crippen LogP contribution in [0, 0.1) is 11.3 Å². The molecule has 0 unspecified atom stereocenters. The van der Waals surface area contributed by atoms with E-state index in [1.165, 1.54) is 5.56 Å². The number of benzene rings is 2. The third-order valence-electron chi connectivity index (χ3n) is 3.89. The second-order valence-electron chi connectivity index (χ2n) is 5.52. The Labute approximate surface area is 130 Å². The molecule has 0 N–H and O–H groups in total. The number of imidazole rings is 1. The van der Waals surface area contributed by atoms with Gasteiger partial charge in [-0.3, -0.25) is 0 Å². The molecule has 3 nitrogen and oxygen atoms in total. The minimum atomic E-state index is 0.684. The molecule has 3 heteroatoms. The molecule has 110 valence electrons. The van der Waals surface area contributed by atoms with Gasteiger partial charge in [-0.2, -0.15) is 5.26 Å². The topological polar surface area (TPSA) is 41.6 Å². The van der Waals surface area contributed by atoms with Crippen molar-refractivity contribution in [1.29, 1.82) is 5.26 Å². The lowest BCUT2D eigenvalue weighted by Gasteiger charge is -2.09. The van der Waals surface area contributed by atoms with Gasteiger partial charge in [0.15, 0.2) is 0 Å². The number of aryl methyl sites for hydroxylation is 1. The van der Waals surface area contributed by atoms with Crippen molar-refractivity contribution in [3.63, 3.8) is 0 Å². The van der Waals surface area contributed by atoms with Gasteiger partial charge < -0.3 is 4.57 Å². The minimum absolute atomic E-state index is 0.684. The van der Waals surface area contributed by atoms with Gasteiger partial charge >= 0.3 is 0 Å². The normalized spacial score (nSPS) is 10.7. The lowest BCUT2D eigenvalue weighted by atomic mass is 10.2. The van der Waals surface area contributed by atoms with Gasteiger partial charge in [0.2, 0.25) is 0 Å². The molecule has 0 fully saturated rings. The van der Waals surface area contributed by atoms with Crippen LogP contribution in [0.2, 0.25) is 0 Å². The highest BCUT2D eigenvalue weighted by molar-refractivity contribution is 5.78. The molecule has 0 atom stereocenters. The fraction of sp³-hybridized carbons (Fsp3) is 0.263. The first kappa shape index (κ1) is 14.3. The Morgan fingerprint density at radius 2 is 1.95 bits per heavy atom. The predicted octanol–water partition coefficient (Wildman–Crippen LogP) is 4.30. The zero-order valence-electron chi connectivity index (χ0n) is 12.8. The van der Waals surface area contributed by atoms with E-state index < -0.39 is 0 Å². The van der Waals surface area contributed by atoms with E-state index in [0.29, 0.717) is 5.56 Å². The molecule has 22 heavy (non-hydrogen) atoms. The van der Waals surface area contributed by atoms with Crippen LogP contribution in [0.25, 0.3) is 11.0 Å². The Morgan fingerprint density at radius 3 is 2.68 bits per heavy atom. The van der Waals surface area contributed by atoms with Gasteiger partial charge in [0.1, 0.15) is 5.82 Å². The van der Waals surface area contributed by atoms with Crippen molar-refractivity contribution in [1.82, 2.24) is 9.55 Å². The number of hydrogen-bond donors (Lipinski definition) is 0. The predicted molar refractivity (Wildman–Crippen MR) is 88.6 cm³/mol. The van der Waals surface area contributed by atoms with Crippen LogP contribution in [0.3, 0.4) is 0 Å². The quantitative estimate of drug-likeness (QED) is 0.702. The molecule has 0 amide bonds. The standard InChI is InChI=1S/C19H19N3/c1-2-3-9-19-21-17-11-10-16(13-20)12-18(17)22(19)14-15-7-5-4-6-8-15/h4-8,10-12H,2-3,9,14H2,1H3. The summed E-state index contributed by atoms with van der Waals surface area (Å²) in [5, 5.41) is 9.15. The van der Waals surface area contributed by atoms with E-state index in [2.05, 4.69) is 41.8 Å². The lowest BCUT2D eigenvalue weighted by Crippen LogP contribution is -2.05. The van der Waals surface area contributed by atoms with Gasteiger partial charge in [-0.15, -0.1) is 0 Å². The maximum atomic E-state index is 9.15. The van der Waals surface area contributed by atoms with Crippen molar-refractivity contribution >= 4 is 11.0 Å². The van der Waals surface area contributed by atoms with Crippen LogP contribution in [0.5, 0.6) is 0 Å². The largest absolute Gasteiger partial charge is 0.323 e. The summed E-state index contributed by atoms with van der Waals surface area (Å²) in [4.78, 5) is 4.78. The van der Waals surface area contributed by atoms with Crippen molar-refractivity contribution in [2.45, 2.75) is 32.7 Å². The molecule has 3 aromatic rings. The molecular weight excluding hydrogens is 270 g/mol. The third kappa shape index (κ3) is 2.87. The van der Waals surface area contributed by atoms with Crippen molar-refractivity contribution in [2.75, 3.05) is 0 Å². The van der Waals surface area contributed by atoms with Crippen LogP contribution in [0.1, 0.15) is 36.7 Å². The average molecular weight is 289 g/mol. The lowest BCUT2D eigenvalue weighted by molar-refractivity contribution is 0.690. The Hall–Kier alpha value is -2.60. The molecule has 2 aromatic carbocycles. The Bertz CT molecular complexity index is 810. The van der Waals surface area contributed by atoms with Gasteiger partial charge in [0, 0.05) is 13.0 Å². The number of hydrogen-bond acceptors (Lipinski definition) is 2. The van der Waals surface area contributed by atoms with Gasteiger partial charge in [0.25, 0.3) is 0 Å². The van der Waals surface area contributed by atoms with E-state index >= 15 is 0 Å². The minimum Gasteiger partial charge on any atom is -0.323 e. The van der Waals surface area contributed by atoms with Crippen LogP contribution in [0.4, 0.5) is 0 Å². The average Bonchev–Trinajstić information content (AvgIpc) is 2.90. The van der Waals surface area contributed by atoms with Crippen molar-refractivity contribution in [3.05, 3.63) is 65.5 Å². The zero-order chi connectivity index (χ0) is 15.4. The molecule has 0 saturated heterocycles. The fourth-order valence-electron chi connectivity index (χ4n) is 2.71. The highest BCUT2D eigenvalue weighted by atomic mass is 15.1. The molecule has 0 aliphatic carbocycles. The number of unbranched alkanes of at least 4 members (excludes halogenated alkanes) is 1. The summed E-state index contributed by atoms with van der Waals surface area (Å²) >= 11 is 0. The van der Waals surface area contributed by atoms with Crippen LogP contribution in [-0.2, 0) is 13.0 Å². The van der Waals surface area contributed by atoms with Gasteiger partial charge in [-0.25, -0.2) is 4.98 Å². The van der Waals surface area contributed by atoms with Crippen LogP contribution in [0.15, 0.2) is 48.5 Å². The molecule has 1 aromatic heterocycles. The zero-order valence-corrected chi connectivity index (χ0v) is 12.8. The fourth-order valence-corrected chi connectivity index (χ4v) is 2.71. The summed E-state index contributed by atoms with van der Waals surface area (Å²) in [5.41, 5.74) is 3.96. The second-order valence-corrected chi connectivity index (χ2v) is 5.52. The van der Waals surface area contributed by atoms with Gasteiger partial charge in [-0.1, -0.05) is 43.7 Å². The summed E-state index contributed by atoms with van der Waals surface area (Å²) in [7, 11) is 0. The number of aromatic nitrogens is 2. The van der Waals surface area contributed by atoms with E-state index in [4.69, 9.17) is 10.2 Å². The number of nitrogens with zero attached hydrogens (tertiary/aromatic N) is 3. The molecule has 3 rings (SSSR count). The molecular formula is C19H19N3. The van der Waals surface area contributed by atoms with E-state index in [9.17, 15) is 0 Å². The molecule has 1 heterocycles. The third-order valence-corrected chi connectivity index (χ3v) is 3.89.